The van der Waals surface area contributed by atoms with E-state index in [1.54, 1.807) is 6.20 Å². The molecule has 37 heavy (non-hydrogen) atoms. The first-order chi connectivity index (χ1) is 17.9. The van der Waals surface area contributed by atoms with E-state index in [9.17, 15) is 14.7 Å². The van der Waals surface area contributed by atoms with Crippen molar-refractivity contribution in [2.24, 2.45) is 23.7 Å². The van der Waals surface area contributed by atoms with Gasteiger partial charge in [-0.05, 0) is 67.2 Å². The zero-order valence-electron chi connectivity index (χ0n) is 20.5. The van der Waals surface area contributed by atoms with Gasteiger partial charge in [-0.25, -0.2) is 14.8 Å². The maximum Gasteiger partial charge on any atom is 0.407 e. The summed E-state index contributed by atoms with van der Waals surface area (Å²) in [6.45, 7) is 3.56. The van der Waals surface area contributed by atoms with Crippen molar-refractivity contribution in [3.63, 3.8) is 0 Å². The number of halogens is 1. The van der Waals surface area contributed by atoms with Gasteiger partial charge < -0.3 is 24.6 Å². The molecule has 10 heteroatoms. The molecule has 9 nitrogen and oxygen atoms in total. The minimum absolute atomic E-state index is 0.0676. The highest BCUT2D eigenvalue weighted by Crippen LogP contribution is 2.42. The number of carbonyl (C=O) groups is 2. The molecule has 4 heterocycles. The number of nitrogens with one attached hydrogen (secondary N) is 1. The van der Waals surface area contributed by atoms with Crippen molar-refractivity contribution in [2.75, 3.05) is 31.6 Å². The van der Waals surface area contributed by atoms with Crippen LogP contribution >= 0.6 is 11.6 Å². The molecule has 2 aliphatic heterocycles. The van der Waals surface area contributed by atoms with E-state index in [4.69, 9.17) is 16.3 Å². The average molecular weight is 524 g/mol. The molecule has 1 aromatic carbocycles. The number of nitrogens with zero attached hydrogens (tertiary/aromatic N) is 4. The van der Waals surface area contributed by atoms with Crippen molar-refractivity contribution < 1.29 is 19.4 Å². The van der Waals surface area contributed by atoms with Crippen LogP contribution in [0.3, 0.4) is 0 Å². The molecule has 1 saturated carbocycles. The van der Waals surface area contributed by atoms with E-state index < -0.39 is 6.09 Å². The lowest BCUT2D eigenvalue weighted by atomic mass is 10.00. The fourth-order valence-electron chi connectivity index (χ4n) is 6.20. The number of aromatic nitrogens is 3. The summed E-state index contributed by atoms with van der Waals surface area (Å²) < 4.78 is 7.70. The third kappa shape index (κ3) is 4.90. The molecule has 3 fully saturated rings. The number of carbonyl (C=O) groups excluding carboxylic acids is 1. The first kappa shape index (κ1) is 24.2. The van der Waals surface area contributed by atoms with E-state index in [0.717, 1.165) is 54.8 Å². The van der Waals surface area contributed by atoms with Gasteiger partial charge in [0.2, 0.25) is 5.91 Å². The van der Waals surface area contributed by atoms with Gasteiger partial charge in [-0.2, -0.15) is 0 Å². The minimum atomic E-state index is -0.877. The molecule has 2 aromatic heterocycles. The van der Waals surface area contributed by atoms with Crippen LogP contribution in [0, 0.1) is 23.7 Å². The number of benzene rings is 1. The molecule has 3 aliphatic rings. The van der Waals surface area contributed by atoms with Gasteiger partial charge >= 0.3 is 6.09 Å². The van der Waals surface area contributed by atoms with Gasteiger partial charge in [0, 0.05) is 50.5 Å². The Bertz CT molecular complexity index is 1320. The predicted octanol–water partition coefficient (Wildman–Crippen LogP) is 4.75. The number of amides is 2. The molecule has 194 valence electrons. The van der Waals surface area contributed by atoms with Crippen molar-refractivity contribution in [3.8, 4) is 11.1 Å². The standard InChI is InChI=1S/C27H30ClN5O4/c28-22-11-29-25(31-26(34)18-7-19-13-32(27(35)36)14-20(19)8-18)10-21(22)17-1-2-23-24(9-17)33(15-30-23)12-16-3-5-37-6-4-16/h1-2,9-11,15-16,18-20H,3-8,12-14H2,(H,35,36)(H,29,31,34)/t18?,19-,20+. The predicted molar refractivity (Wildman–Crippen MR) is 139 cm³/mol. The monoisotopic (exact) mass is 523 g/mol. The molecule has 0 radical (unpaired) electrons. The van der Waals surface area contributed by atoms with E-state index in [1.807, 2.05) is 24.5 Å². The molecule has 1 aliphatic carbocycles. The zero-order valence-corrected chi connectivity index (χ0v) is 21.2. The molecular weight excluding hydrogens is 494 g/mol. The number of likely N-dealkylation sites (tertiary alicyclic amines) is 1. The Labute approximate surface area is 219 Å². The minimum Gasteiger partial charge on any atom is -0.465 e. The quantitative estimate of drug-likeness (QED) is 0.499. The highest BCUT2D eigenvalue weighted by atomic mass is 35.5. The summed E-state index contributed by atoms with van der Waals surface area (Å²) in [5.74, 6) is 1.33. The largest absolute Gasteiger partial charge is 0.465 e. The van der Waals surface area contributed by atoms with Crippen LogP contribution in [0.4, 0.5) is 10.6 Å². The summed E-state index contributed by atoms with van der Waals surface area (Å²) in [5.41, 5.74) is 3.72. The van der Waals surface area contributed by atoms with Crippen LogP contribution in [-0.4, -0.2) is 62.8 Å². The third-order valence-corrected chi connectivity index (χ3v) is 8.53. The van der Waals surface area contributed by atoms with Gasteiger partial charge in [0.05, 0.1) is 22.4 Å². The molecule has 2 amide bonds. The van der Waals surface area contributed by atoms with Crippen molar-refractivity contribution in [3.05, 3.63) is 41.8 Å². The second-order valence-corrected chi connectivity index (χ2v) is 11.0. The van der Waals surface area contributed by atoms with Crippen LogP contribution in [-0.2, 0) is 16.1 Å². The van der Waals surface area contributed by atoms with E-state index >= 15 is 0 Å². The fraction of sp³-hybridized carbons (Fsp3) is 0.481. The van der Waals surface area contributed by atoms with E-state index in [0.29, 0.717) is 42.7 Å². The summed E-state index contributed by atoms with van der Waals surface area (Å²) in [5, 5.41) is 12.7. The molecular formula is C27H30ClN5O4. The summed E-state index contributed by atoms with van der Waals surface area (Å²) in [6, 6.07) is 7.91. The van der Waals surface area contributed by atoms with Crippen molar-refractivity contribution in [1.29, 1.82) is 0 Å². The third-order valence-electron chi connectivity index (χ3n) is 8.23. The smallest absolute Gasteiger partial charge is 0.407 e. The maximum absolute atomic E-state index is 13.0. The van der Waals surface area contributed by atoms with Crippen LogP contribution in [0.25, 0.3) is 22.2 Å². The molecule has 3 aromatic rings. The average Bonchev–Trinajstić information content (AvgIpc) is 3.59. The van der Waals surface area contributed by atoms with Crippen molar-refractivity contribution >= 4 is 40.5 Å². The van der Waals surface area contributed by atoms with Crippen LogP contribution in [0.15, 0.2) is 36.8 Å². The Morgan fingerprint density at radius 3 is 2.59 bits per heavy atom. The summed E-state index contributed by atoms with van der Waals surface area (Å²) in [6.07, 6.45) is 6.11. The number of pyridine rings is 1. The Balaban J connectivity index is 1.18. The number of imidazole rings is 1. The van der Waals surface area contributed by atoms with E-state index in [1.165, 1.54) is 4.90 Å². The highest BCUT2D eigenvalue weighted by molar-refractivity contribution is 6.33. The van der Waals surface area contributed by atoms with Gasteiger partial charge in [-0.1, -0.05) is 17.7 Å². The number of ether oxygens (including phenoxy) is 1. The number of rotatable bonds is 5. The number of fused-ring (bicyclic) bond motifs is 2. The van der Waals surface area contributed by atoms with E-state index in [2.05, 4.69) is 25.9 Å². The number of carboxylic acid groups (broad SMARTS) is 1. The molecule has 3 atom stereocenters. The molecule has 0 bridgehead atoms. The highest BCUT2D eigenvalue weighted by Gasteiger charge is 2.44. The summed E-state index contributed by atoms with van der Waals surface area (Å²) in [7, 11) is 0. The van der Waals surface area contributed by atoms with Gasteiger partial charge in [0.25, 0.3) is 0 Å². The van der Waals surface area contributed by atoms with Gasteiger partial charge in [0.15, 0.2) is 0 Å². The molecule has 2 saturated heterocycles. The summed E-state index contributed by atoms with van der Waals surface area (Å²) >= 11 is 6.55. The lowest BCUT2D eigenvalue weighted by Crippen LogP contribution is -2.29. The molecule has 6 rings (SSSR count). The Kier molecular flexibility index (Phi) is 6.50. The number of anilines is 1. The Hall–Kier alpha value is -3.17. The SMILES string of the molecule is O=C(Nc1cc(-c2ccc3ncn(CC4CCOCC4)c3c2)c(Cl)cn1)C1C[C@@H]2CN(C(=O)O)C[C@@H]2C1. The van der Waals surface area contributed by atoms with Gasteiger partial charge in [-0.15, -0.1) is 0 Å². The first-order valence-electron chi connectivity index (χ1n) is 12.9. The topological polar surface area (TPSA) is 110 Å². The Morgan fingerprint density at radius 2 is 1.86 bits per heavy atom. The first-order valence-corrected chi connectivity index (χ1v) is 13.3. The second kappa shape index (κ2) is 9.95. The normalized spacial score (nSPS) is 23.9. The van der Waals surface area contributed by atoms with Crippen LogP contribution in [0.2, 0.25) is 5.02 Å². The van der Waals surface area contributed by atoms with Crippen molar-refractivity contribution in [2.45, 2.75) is 32.2 Å². The van der Waals surface area contributed by atoms with Gasteiger partial charge in [-0.3, -0.25) is 4.79 Å². The second-order valence-electron chi connectivity index (χ2n) is 10.6. The zero-order chi connectivity index (χ0) is 25.5. The fourth-order valence-corrected chi connectivity index (χ4v) is 6.42. The maximum atomic E-state index is 13.0. The Morgan fingerprint density at radius 1 is 1.11 bits per heavy atom. The lowest BCUT2D eigenvalue weighted by molar-refractivity contribution is -0.119. The van der Waals surface area contributed by atoms with Crippen LogP contribution < -0.4 is 5.32 Å². The van der Waals surface area contributed by atoms with Crippen molar-refractivity contribution in [1.82, 2.24) is 19.4 Å². The lowest BCUT2D eigenvalue weighted by Gasteiger charge is -2.22. The molecule has 0 spiro atoms. The van der Waals surface area contributed by atoms with Gasteiger partial charge in [0.1, 0.15) is 5.82 Å². The van der Waals surface area contributed by atoms with Crippen LogP contribution in [0.5, 0.6) is 0 Å². The number of hydrogen-bond acceptors (Lipinski definition) is 5. The number of hydrogen-bond donors (Lipinski definition) is 2. The molecule has 2 N–H and O–H groups in total. The summed E-state index contributed by atoms with van der Waals surface area (Å²) in [4.78, 5) is 34.7. The molecule has 1 unspecified atom stereocenters. The van der Waals surface area contributed by atoms with Crippen LogP contribution in [0.1, 0.15) is 25.7 Å². The van der Waals surface area contributed by atoms with E-state index in [-0.39, 0.29) is 23.7 Å².